The summed E-state index contributed by atoms with van der Waals surface area (Å²) < 4.78 is 0. The van der Waals surface area contributed by atoms with Crippen molar-refractivity contribution in [3.8, 4) is 0 Å². The molecule has 3 aromatic rings. The lowest BCUT2D eigenvalue weighted by Gasteiger charge is -2.22. The van der Waals surface area contributed by atoms with Crippen LogP contribution in [0.15, 0.2) is 41.8 Å². The van der Waals surface area contributed by atoms with Crippen LogP contribution in [0.4, 0.5) is 22.3 Å². The normalized spacial score (nSPS) is 10.6. The van der Waals surface area contributed by atoms with Crippen molar-refractivity contribution in [2.24, 2.45) is 0 Å². The summed E-state index contributed by atoms with van der Waals surface area (Å²) in [5.41, 5.74) is 4.73. The number of carbonyl (C=O) groups is 1. The van der Waals surface area contributed by atoms with Gasteiger partial charge in [-0.3, -0.25) is 4.79 Å². The molecule has 152 valence electrons. The smallest absolute Gasteiger partial charge is 0.230 e. The summed E-state index contributed by atoms with van der Waals surface area (Å²) in [6, 6.07) is 11.9. The molecule has 1 amide bonds. The topological polar surface area (TPSA) is 70.2 Å². The molecular weight excluding hydrogens is 382 g/mol. The van der Waals surface area contributed by atoms with Crippen LogP contribution >= 0.6 is 11.3 Å². The molecule has 0 bridgehead atoms. The van der Waals surface area contributed by atoms with Crippen molar-refractivity contribution in [3.05, 3.63) is 58.7 Å². The number of hydrogen-bond donors (Lipinski definition) is 2. The van der Waals surface area contributed by atoms with E-state index >= 15 is 0 Å². The Morgan fingerprint density at radius 2 is 1.90 bits per heavy atom. The maximum atomic E-state index is 12.5. The summed E-state index contributed by atoms with van der Waals surface area (Å²) in [6.45, 7) is 10.2. The van der Waals surface area contributed by atoms with Gasteiger partial charge < -0.3 is 15.5 Å². The number of pyridine rings is 1. The number of carbonyl (C=O) groups excluding carboxylic acids is 1. The molecule has 0 saturated carbocycles. The molecule has 1 aromatic carbocycles. The lowest BCUT2D eigenvalue weighted by molar-refractivity contribution is -0.115. The van der Waals surface area contributed by atoms with Crippen molar-refractivity contribution in [3.63, 3.8) is 0 Å². The van der Waals surface area contributed by atoms with Crippen LogP contribution in [0, 0.1) is 13.8 Å². The molecule has 29 heavy (non-hydrogen) atoms. The van der Waals surface area contributed by atoms with E-state index in [0.717, 1.165) is 46.7 Å². The second-order valence-corrected chi connectivity index (χ2v) is 7.69. The number of benzene rings is 1. The van der Waals surface area contributed by atoms with Crippen LogP contribution in [0.1, 0.15) is 30.8 Å². The number of hydrogen-bond acceptors (Lipinski definition) is 6. The minimum Gasteiger partial charge on any atom is -0.372 e. The van der Waals surface area contributed by atoms with E-state index in [-0.39, 0.29) is 12.3 Å². The molecule has 0 aliphatic rings. The molecule has 0 saturated heterocycles. The molecule has 0 radical (unpaired) electrons. The Bertz CT molecular complexity index is 981. The van der Waals surface area contributed by atoms with Crippen LogP contribution in [0.25, 0.3) is 0 Å². The van der Waals surface area contributed by atoms with E-state index < -0.39 is 0 Å². The summed E-state index contributed by atoms with van der Waals surface area (Å²) in [7, 11) is 0. The highest BCUT2D eigenvalue weighted by Crippen LogP contribution is 2.24. The van der Waals surface area contributed by atoms with Crippen LogP contribution in [-0.4, -0.2) is 29.0 Å². The molecule has 2 heterocycles. The van der Waals surface area contributed by atoms with Gasteiger partial charge in [-0.2, -0.15) is 0 Å². The minimum atomic E-state index is -0.0748. The van der Waals surface area contributed by atoms with Gasteiger partial charge >= 0.3 is 0 Å². The highest BCUT2D eigenvalue weighted by atomic mass is 32.1. The lowest BCUT2D eigenvalue weighted by atomic mass is 10.1. The van der Waals surface area contributed by atoms with Crippen LogP contribution in [0.2, 0.25) is 0 Å². The Labute approximate surface area is 176 Å². The molecule has 0 spiro atoms. The molecule has 0 atom stereocenters. The van der Waals surface area contributed by atoms with Crippen LogP contribution < -0.4 is 15.5 Å². The number of thiazole rings is 1. The summed E-state index contributed by atoms with van der Waals surface area (Å²) in [6.07, 6.45) is 0.233. The average molecular weight is 410 g/mol. The molecule has 2 N–H and O–H groups in total. The van der Waals surface area contributed by atoms with Gasteiger partial charge in [-0.05, 0) is 63.6 Å². The summed E-state index contributed by atoms with van der Waals surface area (Å²) in [5, 5.41) is 8.81. The third-order valence-corrected chi connectivity index (χ3v) is 5.44. The van der Waals surface area contributed by atoms with Crippen molar-refractivity contribution >= 4 is 39.6 Å². The van der Waals surface area contributed by atoms with Crippen molar-refractivity contribution in [1.82, 2.24) is 9.97 Å². The van der Waals surface area contributed by atoms with E-state index in [1.807, 2.05) is 43.5 Å². The minimum absolute atomic E-state index is 0.0748. The van der Waals surface area contributed by atoms with Gasteiger partial charge in [0.15, 0.2) is 5.13 Å². The molecule has 3 rings (SSSR count). The van der Waals surface area contributed by atoms with E-state index in [2.05, 4.69) is 51.5 Å². The first-order chi connectivity index (χ1) is 14.0. The van der Waals surface area contributed by atoms with Crippen molar-refractivity contribution < 1.29 is 4.79 Å². The SMILES string of the molecule is CCN(CC)c1ccc(NC(=O)Cc2csc(Nc3cccc(C)n3)n2)c(C)c1. The monoisotopic (exact) mass is 409 g/mol. The third-order valence-electron chi connectivity index (χ3n) is 4.63. The second kappa shape index (κ2) is 9.52. The lowest BCUT2D eigenvalue weighted by Crippen LogP contribution is -2.22. The molecule has 7 heteroatoms. The number of nitrogens with zero attached hydrogens (tertiary/aromatic N) is 3. The van der Waals surface area contributed by atoms with E-state index in [1.165, 1.54) is 17.0 Å². The maximum absolute atomic E-state index is 12.5. The Balaban J connectivity index is 1.60. The number of aryl methyl sites for hydroxylation is 2. The van der Waals surface area contributed by atoms with Gasteiger partial charge in [0.25, 0.3) is 0 Å². The van der Waals surface area contributed by atoms with Gasteiger partial charge in [0.1, 0.15) is 5.82 Å². The van der Waals surface area contributed by atoms with E-state index in [4.69, 9.17) is 0 Å². The Morgan fingerprint density at radius 3 is 2.59 bits per heavy atom. The van der Waals surface area contributed by atoms with Crippen molar-refractivity contribution in [1.29, 1.82) is 0 Å². The van der Waals surface area contributed by atoms with Crippen LogP contribution in [0.5, 0.6) is 0 Å². The summed E-state index contributed by atoms with van der Waals surface area (Å²) in [5.74, 6) is 0.675. The first-order valence-electron chi connectivity index (χ1n) is 9.79. The standard InChI is InChI=1S/C22H27N5OS/c1-5-27(6-2)18-10-11-19(15(3)12-18)25-21(28)13-17-14-29-22(24-17)26-20-9-7-8-16(4)23-20/h7-12,14H,5-6,13H2,1-4H3,(H,25,28)(H,23,24,26). The number of amides is 1. The highest BCUT2D eigenvalue weighted by molar-refractivity contribution is 7.13. The molecule has 0 unspecified atom stereocenters. The fourth-order valence-electron chi connectivity index (χ4n) is 3.10. The maximum Gasteiger partial charge on any atom is 0.230 e. The zero-order valence-electron chi connectivity index (χ0n) is 17.3. The number of nitrogens with one attached hydrogen (secondary N) is 2. The van der Waals surface area contributed by atoms with Gasteiger partial charge in [0.05, 0.1) is 12.1 Å². The quantitative estimate of drug-likeness (QED) is 0.552. The molecule has 0 fully saturated rings. The molecule has 6 nitrogen and oxygen atoms in total. The van der Waals surface area contributed by atoms with E-state index in [0.29, 0.717) is 0 Å². The highest BCUT2D eigenvalue weighted by Gasteiger charge is 2.11. The van der Waals surface area contributed by atoms with Gasteiger partial charge in [0.2, 0.25) is 5.91 Å². The first kappa shape index (κ1) is 20.8. The molecule has 2 aromatic heterocycles. The fraction of sp³-hybridized carbons (Fsp3) is 0.318. The van der Waals surface area contributed by atoms with Crippen LogP contribution in [0.3, 0.4) is 0 Å². The summed E-state index contributed by atoms with van der Waals surface area (Å²) in [4.78, 5) is 23.7. The van der Waals surface area contributed by atoms with Gasteiger partial charge in [0, 0.05) is 35.5 Å². The Kier molecular flexibility index (Phi) is 6.82. The van der Waals surface area contributed by atoms with Crippen molar-refractivity contribution in [2.75, 3.05) is 28.6 Å². The largest absolute Gasteiger partial charge is 0.372 e. The van der Waals surface area contributed by atoms with E-state index in [9.17, 15) is 4.79 Å². The van der Waals surface area contributed by atoms with Crippen molar-refractivity contribution in [2.45, 2.75) is 34.1 Å². The third kappa shape index (κ3) is 5.54. The van der Waals surface area contributed by atoms with Gasteiger partial charge in [-0.15, -0.1) is 11.3 Å². The molecule has 0 aliphatic carbocycles. The Hall–Kier alpha value is -2.93. The predicted molar refractivity (Wildman–Crippen MR) is 121 cm³/mol. The predicted octanol–water partition coefficient (Wildman–Crippen LogP) is 4.93. The zero-order chi connectivity index (χ0) is 20.8. The first-order valence-corrected chi connectivity index (χ1v) is 10.7. The zero-order valence-corrected chi connectivity index (χ0v) is 18.1. The number of aromatic nitrogens is 2. The average Bonchev–Trinajstić information content (AvgIpc) is 3.11. The Morgan fingerprint density at radius 1 is 1.10 bits per heavy atom. The second-order valence-electron chi connectivity index (χ2n) is 6.83. The van der Waals surface area contributed by atoms with Gasteiger partial charge in [-0.25, -0.2) is 9.97 Å². The fourth-order valence-corrected chi connectivity index (χ4v) is 3.82. The number of anilines is 4. The summed E-state index contributed by atoms with van der Waals surface area (Å²) >= 11 is 1.46. The van der Waals surface area contributed by atoms with E-state index in [1.54, 1.807) is 0 Å². The number of rotatable bonds is 8. The molecule has 0 aliphatic heterocycles. The van der Waals surface area contributed by atoms with Crippen LogP contribution in [-0.2, 0) is 11.2 Å². The molecular formula is C22H27N5OS. The van der Waals surface area contributed by atoms with Gasteiger partial charge in [-0.1, -0.05) is 6.07 Å².